The maximum absolute atomic E-state index is 13.5. The van der Waals surface area contributed by atoms with E-state index >= 15 is 0 Å². The molecular formula is C16H26FN3OS. The summed E-state index contributed by atoms with van der Waals surface area (Å²) < 4.78 is 19.2. The van der Waals surface area contributed by atoms with Gasteiger partial charge in [-0.3, -0.25) is 4.99 Å². The Hall–Kier alpha value is -1.43. The average Bonchev–Trinajstić information content (AvgIpc) is 2.50. The van der Waals surface area contributed by atoms with Gasteiger partial charge >= 0.3 is 0 Å². The first-order valence-corrected chi connectivity index (χ1v) is 8.51. The van der Waals surface area contributed by atoms with Gasteiger partial charge < -0.3 is 15.4 Å². The molecule has 0 amide bonds. The largest absolute Gasteiger partial charge is 0.486 e. The Kier molecular flexibility index (Phi) is 7.51. The summed E-state index contributed by atoms with van der Waals surface area (Å²) >= 11 is 1.80. The first-order chi connectivity index (χ1) is 10.4. The summed E-state index contributed by atoms with van der Waals surface area (Å²) in [5.41, 5.74) is 0. The van der Waals surface area contributed by atoms with Gasteiger partial charge in [0.25, 0.3) is 0 Å². The quantitative estimate of drug-likeness (QED) is 0.597. The van der Waals surface area contributed by atoms with Crippen molar-refractivity contribution in [3.8, 4) is 5.75 Å². The number of benzene rings is 1. The molecule has 0 aromatic heterocycles. The molecule has 6 heteroatoms. The van der Waals surface area contributed by atoms with Gasteiger partial charge in [0.05, 0.1) is 6.54 Å². The molecule has 0 bridgehead atoms. The third-order valence-electron chi connectivity index (χ3n) is 3.18. The molecule has 4 nitrogen and oxygen atoms in total. The lowest BCUT2D eigenvalue weighted by Gasteiger charge is -2.24. The van der Waals surface area contributed by atoms with Crippen LogP contribution in [0.2, 0.25) is 0 Å². The highest BCUT2D eigenvalue weighted by atomic mass is 32.2. The van der Waals surface area contributed by atoms with Crippen LogP contribution in [0.25, 0.3) is 0 Å². The summed E-state index contributed by atoms with van der Waals surface area (Å²) in [4.78, 5) is 4.18. The first-order valence-electron chi connectivity index (χ1n) is 7.29. The zero-order chi connectivity index (χ0) is 16.6. The maximum atomic E-state index is 13.5. The summed E-state index contributed by atoms with van der Waals surface area (Å²) in [6, 6.07) is 6.41. The number of hydrogen-bond donors (Lipinski definition) is 2. The summed E-state index contributed by atoms with van der Waals surface area (Å²) in [5, 5.41) is 6.47. The van der Waals surface area contributed by atoms with Gasteiger partial charge in [0.15, 0.2) is 17.5 Å². The van der Waals surface area contributed by atoms with Crippen molar-refractivity contribution < 1.29 is 9.13 Å². The Morgan fingerprint density at radius 1 is 1.36 bits per heavy atom. The molecule has 0 spiro atoms. The van der Waals surface area contributed by atoms with Gasteiger partial charge in [-0.25, -0.2) is 4.39 Å². The molecule has 2 N–H and O–H groups in total. The van der Waals surface area contributed by atoms with Crippen molar-refractivity contribution in [1.82, 2.24) is 10.6 Å². The lowest BCUT2D eigenvalue weighted by Crippen LogP contribution is -2.45. The molecule has 1 unspecified atom stereocenters. The molecule has 1 aromatic rings. The molecular weight excluding hydrogens is 301 g/mol. The minimum Gasteiger partial charge on any atom is -0.486 e. The van der Waals surface area contributed by atoms with Crippen LogP contribution >= 0.6 is 11.8 Å². The number of guanidine groups is 1. The van der Waals surface area contributed by atoms with Crippen molar-refractivity contribution in [3.05, 3.63) is 30.1 Å². The second-order valence-corrected chi connectivity index (χ2v) is 7.14. The van der Waals surface area contributed by atoms with Crippen molar-refractivity contribution in [3.63, 3.8) is 0 Å². The van der Waals surface area contributed by atoms with E-state index < -0.39 is 0 Å². The van der Waals surface area contributed by atoms with Crippen molar-refractivity contribution in [2.75, 3.05) is 26.4 Å². The van der Waals surface area contributed by atoms with E-state index in [1.54, 1.807) is 37.0 Å². The van der Waals surface area contributed by atoms with Crippen LogP contribution in [0.5, 0.6) is 5.75 Å². The molecule has 0 radical (unpaired) electrons. The van der Waals surface area contributed by atoms with Crippen molar-refractivity contribution >= 4 is 17.7 Å². The van der Waals surface area contributed by atoms with Gasteiger partial charge in [-0.05, 0) is 39.2 Å². The van der Waals surface area contributed by atoms with Gasteiger partial charge in [0.2, 0.25) is 0 Å². The van der Waals surface area contributed by atoms with Crippen LogP contribution in [0.3, 0.4) is 0 Å². The molecule has 1 atom stereocenters. The summed E-state index contributed by atoms with van der Waals surface area (Å²) in [5.74, 6) is 0.632. The molecule has 1 rings (SSSR count). The number of aliphatic imine (C=N–C) groups is 1. The van der Waals surface area contributed by atoms with E-state index in [1.165, 1.54) is 6.07 Å². The highest BCUT2D eigenvalue weighted by molar-refractivity contribution is 7.99. The molecule has 0 saturated heterocycles. The average molecular weight is 327 g/mol. The number of rotatable bonds is 7. The molecule has 0 aliphatic rings. The van der Waals surface area contributed by atoms with Crippen LogP contribution in [0, 0.1) is 5.82 Å². The molecule has 0 heterocycles. The molecule has 0 aliphatic heterocycles. The lowest BCUT2D eigenvalue weighted by molar-refractivity contribution is 0.214. The predicted molar refractivity (Wildman–Crippen MR) is 93.4 cm³/mol. The predicted octanol–water partition coefficient (Wildman–Crippen LogP) is 2.90. The van der Waals surface area contributed by atoms with Gasteiger partial charge in [-0.2, -0.15) is 11.8 Å². The van der Waals surface area contributed by atoms with Crippen molar-refractivity contribution in [2.45, 2.75) is 31.6 Å². The Bertz CT molecular complexity index is 494. The van der Waals surface area contributed by atoms with E-state index in [0.717, 1.165) is 6.54 Å². The van der Waals surface area contributed by atoms with Gasteiger partial charge in [-0.1, -0.05) is 12.1 Å². The number of nitrogens with zero attached hydrogens (tertiary/aromatic N) is 1. The summed E-state index contributed by atoms with van der Waals surface area (Å²) in [6.45, 7) is 7.56. The number of hydrogen-bond acceptors (Lipinski definition) is 3. The van der Waals surface area contributed by atoms with E-state index in [2.05, 4.69) is 35.7 Å². The third kappa shape index (κ3) is 6.56. The number of halogens is 1. The Balaban J connectivity index is 2.42. The van der Waals surface area contributed by atoms with Crippen LogP contribution < -0.4 is 15.4 Å². The molecule has 0 saturated carbocycles. The Morgan fingerprint density at radius 2 is 2.05 bits per heavy atom. The number of nitrogens with one attached hydrogen (secondary N) is 2. The Morgan fingerprint density at radius 3 is 2.64 bits per heavy atom. The first kappa shape index (κ1) is 18.6. The third-order valence-corrected chi connectivity index (χ3v) is 4.43. The van der Waals surface area contributed by atoms with E-state index in [0.29, 0.717) is 12.5 Å². The monoisotopic (exact) mass is 327 g/mol. The molecule has 124 valence electrons. The number of ether oxygens (including phenoxy) is 1. The van der Waals surface area contributed by atoms with Crippen LogP contribution in [-0.2, 0) is 0 Å². The number of para-hydroxylation sites is 1. The normalized spacial score (nSPS) is 13.6. The SMILES string of the molecule is CN=C(NCC(C)Oc1ccccc1F)NCC(C)(C)SC. The summed E-state index contributed by atoms with van der Waals surface area (Å²) in [7, 11) is 1.73. The van der Waals surface area contributed by atoms with E-state index in [-0.39, 0.29) is 22.4 Å². The lowest BCUT2D eigenvalue weighted by atomic mass is 10.2. The van der Waals surface area contributed by atoms with Crippen LogP contribution in [0.15, 0.2) is 29.3 Å². The zero-order valence-corrected chi connectivity index (χ0v) is 14.8. The minimum atomic E-state index is -0.349. The van der Waals surface area contributed by atoms with E-state index in [4.69, 9.17) is 4.74 Å². The van der Waals surface area contributed by atoms with Gasteiger partial charge in [0.1, 0.15) is 6.10 Å². The second kappa shape index (κ2) is 8.88. The highest BCUT2D eigenvalue weighted by Crippen LogP contribution is 2.19. The fourth-order valence-electron chi connectivity index (χ4n) is 1.63. The van der Waals surface area contributed by atoms with Crippen molar-refractivity contribution in [2.24, 2.45) is 4.99 Å². The second-order valence-electron chi connectivity index (χ2n) is 5.63. The van der Waals surface area contributed by atoms with E-state index in [9.17, 15) is 4.39 Å². The van der Waals surface area contributed by atoms with Crippen LogP contribution in [0.4, 0.5) is 4.39 Å². The topological polar surface area (TPSA) is 45.7 Å². The Labute approximate surface area is 136 Å². The molecule has 0 fully saturated rings. The molecule has 1 aromatic carbocycles. The molecule has 0 aliphatic carbocycles. The highest BCUT2D eigenvalue weighted by Gasteiger charge is 2.16. The minimum absolute atomic E-state index is 0.132. The fourth-order valence-corrected chi connectivity index (χ4v) is 1.84. The standard InChI is InChI=1S/C16H26FN3OS/c1-12(21-14-9-7-6-8-13(14)17)10-19-15(18-4)20-11-16(2,3)22-5/h6-9,12H,10-11H2,1-5H3,(H2,18,19,20). The fraction of sp³-hybridized carbons (Fsp3) is 0.562. The van der Waals surface area contributed by atoms with Crippen LogP contribution in [-0.4, -0.2) is 43.2 Å². The maximum Gasteiger partial charge on any atom is 0.191 e. The smallest absolute Gasteiger partial charge is 0.191 e. The number of thioether (sulfide) groups is 1. The van der Waals surface area contributed by atoms with Crippen molar-refractivity contribution in [1.29, 1.82) is 0 Å². The van der Waals surface area contributed by atoms with Crippen LogP contribution in [0.1, 0.15) is 20.8 Å². The van der Waals surface area contributed by atoms with Gasteiger partial charge in [0, 0.05) is 18.3 Å². The zero-order valence-electron chi connectivity index (χ0n) is 13.9. The van der Waals surface area contributed by atoms with E-state index in [1.807, 2.05) is 6.92 Å². The van der Waals surface area contributed by atoms with Gasteiger partial charge in [-0.15, -0.1) is 0 Å². The molecule has 22 heavy (non-hydrogen) atoms. The summed E-state index contributed by atoms with van der Waals surface area (Å²) in [6.07, 6.45) is 1.91.